The summed E-state index contributed by atoms with van der Waals surface area (Å²) in [6, 6.07) is 21.0. The molecule has 4 aromatic rings. The van der Waals surface area contributed by atoms with Crippen LogP contribution in [0.3, 0.4) is 0 Å². The first kappa shape index (κ1) is 17.9. The minimum Gasteiger partial charge on any atom is -0.422 e. The van der Waals surface area contributed by atoms with Crippen molar-refractivity contribution in [3.05, 3.63) is 104 Å². The fourth-order valence-corrected chi connectivity index (χ4v) is 5.20. The summed E-state index contributed by atoms with van der Waals surface area (Å²) in [5.74, 6) is 0. The predicted molar refractivity (Wildman–Crippen MR) is 119 cm³/mol. The Kier molecular flexibility index (Phi) is 3.78. The first-order chi connectivity index (χ1) is 15.1. The molecule has 2 aliphatic heterocycles. The lowest BCUT2D eigenvalue weighted by Crippen LogP contribution is -2.36. The monoisotopic (exact) mass is 427 g/mol. The number of amidine groups is 1. The molecule has 0 radical (unpaired) electrons. The van der Waals surface area contributed by atoms with E-state index in [1.54, 1.807) is 18.2 Å². The summed E-state index contributed by atoms with van der Waals surface area (Å²) in [6.45, 7) is 0. The molecule has 0 aliphatic carbocycles. The molecule has 3 heterocycles. The van der Waals surface area contributed by atoms with Crippen LogP contribution in [0, 0.1) is 10.1 Å². The molecule has 150 valence electrons. The number of rotatable bonds is 2. The number of para-hydroxylation sites is 2. The Morgan fingerprint density at radius 3 is 2.55 bits per heavy atom. The molecule has 1 unspecified atom stereocenters. The van der Waals surface area contributed by atoms with E-state index in [9.17, 15) is 14.9 Å². The highest BCUT2D eigenvalue weighted by Gasteiger charge is 2.41. The summed E-state index contributed by atoms with van der Waals surface area (Å²) in [5, 5.41) is 12.7. The third kappa shape index (κ3) is 2.62. The van der Waals surface area contributed by atoms with E-state index in [-0.39, 0.29) is 5.69 Å². The Hall–Kier alpha value is -3.91. The molecular weight excluding hydrogens is 414 g/mol. The maximum absolute atomic E-state index is 13.2. The number of benzene rings is 3. The molecule has 6 rings (SSSR count). The van der Waals surface area contributed by atoms with Crippen molar-refractivity contribution in [2.45, 2.75) is 10.9 Å². The van der Waals surface area contributed by atoms with Crippen LogP contribution in [0.4, 0.5) is 17.1 Å². The lowest BCUT2D eigenvalue weighted by Gasteiger charge is -2.33. The van der Waals surface area contributed by atoms with Crippen LogP contribution in [-0.2, 0) is 0 Å². The molecule has 3 aromatic carbocycles. The van der Waals surface area contributed by atoms with Crippen LogP contribution >= 0.6 is 11.8 Å². The van der Waals surface area contributed by atoms with E-state index in [1.807, 2.05) is 47.4 Å². The van der Waals surface area contributed by atoms with Crippen molar-refractivity contribution in [2.75, 3.05) is 4.90 Å². The Morgan fingerprint density at radius 2 is 1.74 bits per heavy atom. The number of fused-ring (bicyclic) bond motifs is 6. The van der Waals surface area contributed by atoms with Gasteiger partial charge in [-0.1, -0.05) is 24.3 Å². The lowest BCUT2D eigenvalue weighted by molar-refractivity contribution is -0.384. The Bertz CT molecular complexity index is 1480. The highest BCUT2D eigenvalue weighted by atomic mass is 32.2. The molecule has 1 aromatic heterocycles. The highest BCUT2D eigenvalue weighted by Crippen LogP contribution is 2.51. The third-order valence-corrected chi connectivity index (χ3v) is 6.55. The molecular formula is C23H13N3O4S. The number of nitro benzene ring substituents is 1. The van der Waals surface area contributed by atoms with E-state index in [4.69, 9.17) is 9.41 Å². The lowest BCUT2D eigenvalue weighted by atomic mass is 9.94. The molecule has 0 N–H and O–H groups in total. The summed E-state index contributed by atoms with van der Waals surface area (Å²) < 4.78 is 5.64. The maximum Gasteiger partial charge on any atom is 0.344 e. The minimum absolute atomic E-state index is 0.00424. The van der Waals surface area contributed by atoms with Crippen LogP contribution in [0.15, 0.2) is 91.9 Å². The van der Waals surface area contributed by atoms with E-state index in [2.05, 4.69) is 0 Å². The summed E-state index contributed by atoms with van der Waals surface area (Å²) in [6.07, 6.45) is 0. The van der Waals surface area contributed by atoms with Gasteiger partial charge >= 0.3 is 5.63 Å². The van der Waals surface area contributed by atoms with Crippen molar-refractivity contribution in [2.24, 2.45) is 4.99 Å². The molecule has 0 fully saturated rings. The van der Waals surface area contributed by atoms with Crippen LogP contribution in [0.5, 0.6) is 0 Å². The van der Waals surface area contributed by atoms with Gasteiger partial charge in [0, 0.05) is 22.4 Å². The molecule has 0 bridgehead atoms. The van der Waals surface area contributed by atoms with Gasteiger partial charge in [-0.05, 0) is 53.7 Å². The zero-order chi connectivity index (χ0) is 21.1. The van der Waals surface area contributed by atoms with Gasteiger partial charge < -0.3 is 9.32 Å². The number of hydrogen-bond acceptors (Lipinski definition) is 7. The average Bonchev–Trinajstić information content (AvgIpc) is 3.16. The van der Waals surface area contributed by atoms with E-state index >= 15 is 0 Å². The zero-order valence-electron chi connectivity index (χ0n) is 15.9. The maximum atomic E-state index is 13.2. The van der Waals surface area contributed by atoms with Gasteiger partial charge in [0.05, 0.1) is 27.9 Å². The Balaban J connectivity index is 1.66. The molecule has 0 saturated carbocycles. The third-order valence-electron chi connectivity index (χ3n) is 5.51. The van der Waals surface area contributed by atoms with Crippen molar-refractivity contribution >= 4 is 45.0 Å². The summed E-state index contributed by atoms with van der Waals surface area (Å²) in [5.41, 5.74) is 2.71. The van der Waals surface area contributed by atoms with Crippen LogP contribution in [0.25, 0.3) is 11.0 Å². The van der Waals surface area contributed by atoms with E-state index in [0.717, 1.165) is 26.7 Å². The largest absolute Gasteiger partial charge is 0.422 e. The number of non-ortho nitro benzene ring substituents is 1. The second-order valence-corrected chi connectivity index (χ2v) is 8.24. The number of anilines is 1. The van der Waals surface area contributed by atoms with Gasteiger partial charge in [0.2, 0.25) is 0 Å². The summed E-state index contributed by atoms with van der Waals surface area (Å²) in [7, 11) is 0. The quantitative estimate of drug-likeness (QED) is 0.242. The van der Waals surface area contributed by atoms with Crippen LogP contribution in [0.1, 0.15) is 17.2 Å². The zero-order valence-corrected chi connectivity index (χ0v) is 16.7. The number of thioether (sulfide) groups is 1. The normalized spacial score (nSPS) is 16.5. The molecule has 0 amide bonds. The van der Waals surface area contributed by atoms with Crippen LogP contribution in [-0.4, -0.2) is 10.1 Å². The van der Waals surface area contributed by atoms with E-state index < -0.39 is 16.6 Å². The molecule has 8 heteroatoms. The van der Waals surface area contributed by atoms with Gasteiger partial charge in [0.15, 0.2) is 5.17 Å². The van der Waals surface area contributed by atoms with Crippen molar-refractivity contribution in [3.8, 4) is 0 Å². The van der Waals surface area contributed by atoms with E-state index in [1.165, 1.54) is 23.9 Å². The van der Waals surface area contributed by atoms with Gasteiger partial charge in [-0.25, -0.2) is 9.79 Å². The number of hydrogen-bond donors (Lipinski definition) is 0. The Labute approximate surface area is 179 Å². The van der Waals surface area contributed by atoms with Crippen molar-refractivity contribution in [1.82, 2.24) is 0 Å². The number of nitro groups is 1. The van der Waals surface area contributed by atoms with Gasteiger partial charge in [-0.3, -0.25) is 10.1 Å². The topological polar surface area (TPSA) is 88.9 Å². The summed E-state index contributed by atoms with van der Waals surface area (Å²) >= 11 is 1.54. The fourth-order valence-electron chi connectivity index (χ4n) is 4.15. The second-order valence-electron chi connectivity index (χ2n) is 7.23. The van der Waals surface area contributed by atoms with Gasteiger partial charge in [0.25, 0.3) is 5.69 Å². The van der Waals surface area contributed by atoms with Crippen LogP contribution in [0.2, 0.25) is 0 Å². The SMILES string of the molecule is O=c1oc2ccccc2c2c1C(c1ccc([N+](=O)[O-])cc1)N1C(=N2)Sc2ccccc21. The fraction of sp³-hybridized carbons (Fsp3) is 0.0435. The molecule has 1 atom stereocenters. The summed E-state index contributed by atoms with van der Waals surface area (Å²) in [4.78, 5) is 31.8. The van der Waals surface area contributed by atoms with Gasteiger partial charge in [0.1, 0.15) is 5.58 Å². The Morgan fingerprint density at radius 1 is 1.00 bits per heavy atom. The van der Waals surface area contributed by atoms with Crippen molar-refractivity contribution in [1.29, 1.82) is 0 Å². The predicted octanol–water partition coefficient (Wildman–Crippen LogP) is 5.40. The highest BCUT2D eigenvalue weighted by molar-refractivity contribution is 8.14. The number of nitrogens with zero attached hydrogens (tertiary/aromatic N) is 3. The van der Waals surface area contributed by atoms with Gasteiger partial charge in [-0.2, -0.15) is 0 Å². The smallest absolute Gasteiger partial charge is 0.344 e. The second kappa shape index (κ2) is 6.55. The van der Waals surface area contributed by atoms with Crippen molar-refractivity contribution in [3.63, 3.8) is 0 Å². The molecule has 31 heavy (non-hydrogen) atoms. The van der Waals surface area contributed by atoms with Gasteiger partial charge in [-0.15, -0.1) is 0 Å². The van der Waals surface area contributed by atoms with E-state index in [0.29, 0.717) is 16.8 Å². The first-order valence-electron chi connectivity index (χ1n) is 9.57. The molecule has 0 spiro atoms. The van der Waals surface area contributed by atoms with Crippen molar-refractivity contribution < 1.29 is 9.34 Å². The standard InChI is InChI=1S/C23H13N3O4S/c27-22-19-20(15-5-1-3-7-17(15)30-22)24-23-25(16-6-2-4-8-18(16)31-23)21(19)13-9-11-14(12-10-13)26(28)29/h1-12,21H. The molecule has 2 aliphatic rings. The average molecular weight is 427 g/mol. The molecule has 7 nitrogen and oxygen atoms in total. The number of aliphatic imine (C=N–C) groups is 1. The molecule has 0 saturated heterocycles. The first-order valence-corrected chi connectivity index (χ1v) is 10.4. The van der Waals surface area contributed by atoms with Crippen LogP contribution < -0.4 is 10.5 Å². The minimum atomic E-state index is -0.514.